The van der Waals surface area contributed by atoms with Gasteiger partial charge in [-0.05, 0) is 30.3 Å². The molecule has 8 heteroatoms. The first-order valence-electron chi connectivity index (χ1n) is 7.28. The Morgan fingerprint density at radius 1 is 1.20 bits per heavy atom. The van der Waals surface area contributed by atoms with Crippen LogP contribution in [0, 0.1) is 0 Å². The lowest BCUT2D eigenvalue weighted by atomic mass is 10.2. The second-order valence-electron chi connectivity index (χ2n) is 4.87. The van der Waals surface area contributed by atoms with Gasteiger partial charge in [-0.1, -0.05) is 17.3 Å². The third kappa shape index (κ3) is 4.42. The number of halogens is 2. The molecule has 0 N–H and O–H groups in total. The number of alkyl halides is 2. The number of hydrogen-bond donors (Lipinski definition) is 0. The fraction of sp³-hybridized carbons (Fsp3) is 0.176. The molecule has 0 saturated carbocycles. The highest BCUT2D eigenvalue weighted by molar-refractivity contribution is 7.18. The summed E-state index contributed by atoms with van der Waals surface area (Å²) in [6, 6.07) is 12.3. The summed E-state index contributed by atoms with van der Waals surface area (Å²) >= 11 is 1.54. The van der Waals surface area contributed by atoms with Crippen LogP contribution in [0.25, 0.3) is 10.2 Å². The molecule has 0 unspecified atom stereocenters. The summed E-state index contributed by atoms with van der Waals surface area (Å²) in [5, 5.41) is 4.69. The van der Waals surface area contributed by atoms with Crippen molar-refractivity contribution in [3.8, 4) is 11.5 Å². The zero-order valence-electron chi connectivity index (χ0n) is 13.2. The molecule has 5 nitrogen and oxygen atoms in total. The number of methoxy groups -OCH3 is 1. The molecule has 3 aromatic rings. The smallest absolute Gasteiger partial charge is 0.387 e. The van der Waals surface area contributed by atoms with Gasteiger partial charge in [0, 0.05) is 5.56 Å². The molecule has 0 radical (unpaired) electrons. The number of rotatable bonds is 7. The zero-order chi connectivity index (χ0) is 17.6. The lowest BCUT2D eigenvalue weighted by Crippen LogP contribution is -2.03. The van der Waals surface area contributed by atoms with E-state index >= 15 is 0 Å². The van der Waals surface area contributed by atoms with Gasteiger partial charge in [-0.25, -0.2) is 4.98 Å². The van der Waals surface area contributed by atoms with Crippen molar-refractivity contribution in [2.45, 2.75) is 13.2 Å². The molecule has 3 rings (SSSR count). The maximum Gasteiger partial charge on any atom is 0.387 e. The van der Waals surface area contributed by atoms with Crippen LogP contribution in [0.3, 0.4) is 0 Å². The Labute approximate surface area is 146 Å². The average Bonchev–Trinajstić information content (AvgIpc) is 3.02. The number of ether oxygens (including phenoxy) is 2. The molecule has 1 aromatic heterocycles. The van der Waals surface area contributed by atoms with Crippen LogP contribution in [0.15, 0.2) is 47.6 Å². The van der Waals surface area contributed by atoms with E-state index in [1.54, 1.807) is 6.07 Å². The molecule has 0 bridgehead atoms. The number of hydrogen-bond acceptors (Lipinski definition) is 6. The van der Waals surface area contributed by atoms with Crippen LogP contribution in [0.1, 0.15) is 10.6 Å². The quantitative estimate of drug-likeness (QED) is 0.459. The summed E-state index contributed by atoms with van der Waals surface area (Å²) in [6.45, 7) is -2.66. The van der Waals surface area contributed by atoms with E-state index in [4.69, 9.17) is 9.57 Å². The molecular formula is C17H14F2N2O3S. The van der Waals surface area contributed by atoms with Crippen molar-refractivity contribution in [2.75, 3.05) is 7.11 Å². The van der Waals surface area contributed by atoms with E-state index in [1.165, 1.54) is 36.8 Å². The van der Waals surface area contributed by atoms with Gasteiger partial charge >= 0.3 is 6.61 Å². The second-order valence-corrected chi connectivity index (χ2v) is 5.99. The fourth-order valence-corrected chi connectivity index (χ4v) is 3.00. The molecule has 1 heterocycles. The molecule has 0 amide bonds. The number of nitrogens with zero attached hydrogens (tertiary/aromatic N) is 2. The number of benzene rings is 2. The summed E-state index contributed by atoms with van der Waals surface area (Å²) < 4.78 is 35.1. The largest absolute Gasteiger partial charge is 0.493 e. The maximum absolute atomic E-state index is 12.3. The third-order valence-corrected chi connectivity index (χ3v) is 4.22. The van der Waals surface area contributed by atoms with Gasteiger partial charge in [0.2, 0.25) is 0 Å². The molecule has 0 aliphatic rings. The lowest BCUT2D eigenvalue weighted by Gasteiger charge is -2.09. The second kappa shape index (κ2) is 7.89. The average molecular weight is 364 g/mol. The van der Waals surface area contributed by atoms with E-state index in [-0.39, 0.29) is 18.1 Å². The minimum Gasteiger partial charge on any atom is -0.493 e. The number of para-hydroxylation sites is 1. The van der Waals surface area contributed by atoms with Crippen LogP contribution < -0.4 is 9.47 Å². The van der Waals surface area contributed by atoms with Crippen LogP contribution in [0.2, 0.25) is 0 Å². The van der Waals surface area contributed by atoms with Crippen molar-refractivity contribution in [3.63, 3.8) is 0 Å². The van der Waals surface area contributed by atoms with Gasteiger partial charge in [-0.2, -0.15) is 8.78 Å². The SMILES string of the molecule is COc1cc(/C=N\OCc2nc3ccccc3s2)ccc1OC(F)F. The molecule has 0 spiro atoms. The van der Waals surface area contributed by atoms with Gasteiger partial charge < -0.3 is 14.3 Å². The first kappa shape index (κ1) is 17.1. The van der Waals surface area contributed by atoms with Crippen molar-refractivity contribution in [1.82, 2.24) is 4.98 Å². The first-order valence-corrected chi connectivity index (χ1v) is 8.10. The predicted molar refractivity (Wildman–Crippen MR) is 91.6 cm³/mol. The van der Waals surface area contributed by atoms with Gasteiger partial charge in [0.05, 0.1) is 23.5 Å². The Morgan fingerprint density at radius 3 is 2.80 bits per heavy atom. The Hall–Kier alpha value is -2.74. The third-order valence-electron chi connectivity index (χ3n) is 3.21. The Bertz CT molecular complexity index is 850. The van der Waals surface area contributed by atoms with E-state index in [0.717, 1.165) is 15.2 Å². The van der Waals surface area contributed by atoms with Gasteiger partial charge in [0.15, 0.2) is 18.1 Å². The van der Waals surface area contributed by atoms with Crippen molar-refractivity contribution < 1.29 is 23.1 Å². The van der Waals surface area contributed by atoms with Crippen molar-refractivity contribution in [3.05, 3.63) is 53.0 Å². The minimum absolute atomic E-state index is 0.0370. The van der Waals surface area contributed by atoms with Gasteiger partial charge in [0.25, 0.3) is 0 Å². The summed E-state index contributed by atoms with van der Waals surface area (Å²) in [7, 11) is 1.37. The molecule has 2 aromatic carbocycles. The number of oxime groups is 1. The summed E-state index contributed by atoms with van der Waals surface area (Å²) in [5.41, 5.74) is 1.55. The molecule has 0 fully saturated rings. The van der Waals surface area contributed by atoms with Crippen molar-refractivity contribution in [2.24, 2.45) is 5.16 Å². The van der Waals surface area contributed by atoms with Crippen LogP contribution in [0.4, 0.5) is 8.78 Å². The molecule has 0 saturated heterocycles. The normalized spacial score (nSPS) is 11.4. The summed E-state index contributed by atoms with van der Waals surface area (Å²) in [6.07, 6.45) is 1.46. The Morgan fingerprint density at radius 2 is 2.04 bits per heavy atom. The topological polar surface area (TPSA) is 52.9 Å². The van der Waals surface area contributed by atoms with Crippen molar-refractivity contribution in [1.29, 1.82) is 0 Å². The van der Waals surface area contributed by atoms with Crippen LogP contribution in [-0.2, 0) is 11.4 Å². The monoisotopic (exact) mass is 364 g/mol. The predicted octanol–water partition coefficient (Wildman–Crippen LogP) is 4.46. The molecule has 25 heavy (non-hydrogen) atoms. The number of thiazole rings is 1. The molecular weight excluding hydrogens is 350 g/mol. The van der Waals surface area contributed by atoms with E-state index in [0.29, 0.717) is 5.56 Å². The Kier molecular flexibility index (Phi) is 5.39. The lowest BCUT2D eigenvalue weighted by molar-refractivity contribution is -0.0512. The fourth-order valence-electron chi connectivity index (χ4n) is 2.13. The minimum atomic E-state index is -2.91. The van der Waals surface area contributed by atoms with Gasteiger partial charge in [0.1, 0.15) is 5.01 Å². The van der Waals surface area contributed by atoms with E-state index in [1.807, 2.05) is 24.3 Å². The first-order chi connectivity index (χ1) is 12.2. The van der Waals surface area contributed by atoms with E-state index in [9.17, 15) is 8.78 Å². The maximum atomic E-state index is 12.3. The Balaban J connectivity index is 1.61. The molecule has 0 atom stereocenters. The van der Waals surface area contributed by atoms with E-state index < -0.39 is 6.61 Å². The van der Waals surface area contributed by atoms with Crippen LogP contribution >= 0.6 is 11.3 Å². The van der Waals surface area contributed by atoms with Crippen LogP contribution in [0.5, 0.6) is 11.5 Å². The van der Waals surface area contributed by atoms with Gasteiger partial charge in [-0.15, -0.1) is 11.3 Å². The highest BCUT2D eigenvalue weighted by atomic mass is 32.1. The number of fused-ring (bicyclic) bond motifs is 1. The standard InChI is InChI=1S/C17H14F2N2O3S/c1-22-14-8-11(6-7-13(14)24-17(18)19)9-20-23-10-16-21-12-4-2-3-5-15(12)25-16/h2-9,17H,10H2,1H3/b20-9-. The van der Waals surface area contributed by atoms with Crippen molar-refractivity contribution >= 4 is 27.8 Å². The van der Waals surface area contributed by atoms with Crippen LogP contribution in [-0.4, -0.2) is 24.9 Å². The van der Waals surface area contributed by atoms with E-state index in [2.05, 4.69) is 14.9 Å². The molecule has 0 aliphatic heterocycles. The highest BCUT2D eigenvalue weighted by Crippen LogP contribution is 2.29. The molecule has 130 valence electrons. The summed E-state index contributed by atoms with van der Waals surface area (Å²) in [4.78, 5) is 9.68. The molecule has 0 aliphatic carbocycles. The zero-order valence-corrected chi connectivity index (χ0v) is 14.0. The number of aromatic nitrogens is 1. The highest BCUT2D eigenvalue weighted by Gasteiger charge is 2.10. The van der Waals surface area contributed by atoms with Gasteiger partial charge in [-0.3, -0.25) is 0 Å². The summed E-state index contributed by atoms with van der Waals surface area (Å²) in [5.74, 6) is 0.153.